The maximum absolute atomic E-state index is 12.9. The Morgan fingerprint density at radius 2 is 1.69 bits per heavy atom. The van der Waals surface area contributed by atoms with Gasteiger partial charge in [0.25, 0.3) is 0 Å². The van der Waals surface area contributed by atoms with Crippen LogP contribution in [0.2, 0.25) is 5.02 Å². The maximum atomic E-state index is 12.9. The molecule has 2 aliphatic carbocycles. The van der Waals surface area contributed by atoms with Gasteiger partial charge in [0.1, 0.15) is 12.4 Å². The number of halogens is 1. The van der Waals surface area contributed by atoms with Crippen LogP contribution in [-0.4, -0.2) is 36.1 Å². The standard InChI is InChI=1S/C22H22ClNO5/c1-24-14-4-2-6-16(25)21(14)20(22-15(24)5-3-7-17(22)26)12-8-9-18(13(23)10-12)29-11-19(27)28/h8-10,20H,2-7,11H2,1H3,(H,27,28)/p-1. The monoisotopic (exact) mass is 414 g/mol. The second kappa shape index (κ2) is 7.67. The van der Waals surface area contributed by atoms with Crippen molar-refractivity contribution >= 4 is 29.1 Å². The van der Waals surface area contributed by atoms with Crippen LogP contribution in [0.4, 0.5) is 0 Å². The van der Waals surface area contributed by atoms with E-state index in [-0.39, 0.29) is 22.3 Å². The topological polar surface area (TPSA) is 86.7 Å². The van der Waals surface area contributed by atoms with E-state index < -0.39 is 18.5 Å². The molecule has 0 fully saturated rings. The molecular formula is C22H21ClNO5-. The average Bonchev–Trinajstić information content (AvgIpc) is 2.68. The Morgan fingerprint density at radius 3 is 2.21 bits per heavy atom. The van der Waals surface area contributed by atoms with Crippen LogP contribution in [0.15, 0.2) is 40.7 Å². The van der Waals surface area contributed by atoms with E-state index in [0.717, 1.165) is 42.6 Å². The lowest BCUT2D eigenvalue weighted by atomic mass is 9.71. The zero-order chi connectivity index (χ0) is 20.7. The lowest BCUT2D eigenvalue weighted by molar-refractivity contribution is -0.307. The summed E-state index contributed by atoms with van der Waals surface area (Å²) in [6.45, 7) is -0.602. The largest absolute Gasteiger partial charge is 0.546 e. The predicted molar refractivity (Wildman–Crippen MR) is 104 cm³/mol. The van der Waals surface area contributed by atoms with Crippen LogP contribution in [0.3, 0.4) is 0 Å². The summed E-state index contributed by atoms with van der Waals surface area (Å²) in [6, 6.07) is 5.01. The lowest BCUT2D eigenvalue weighted by Gasteiger charge is -2.42. The summed E-state index contributed by atoms with van der Waals surface area (Å²) in [7, 11) is 1.95. The average molecular weight is 415 g/mol. The van der Waals surface area contributed by atoms with E-state index in [2.05, 4.69) is 0 Å². The normalized spacial score (nSPS) is 20.0. The number of hydrogen-bond acceptors (Lipinski definition) is 6. The first-order valence-electron chi connectivity index (χ1n) is 9.76. The predicted octanol–water partition coefficient (Wildman–Crippen LogP) is 2.51. The molecule has 0 saturated carbocycles. The van der Waals surface area contributed by atoms with Gasteiger partial charge in [-0.2, -0.15) is 0 Å². The zero-order valence-electron chi connectivity index (χ0n) is 16.1. The molecule has 0 unspecified atom stereocenters. The van der Waals surface area contributed by atoms with Crippen molar-refractivity contribution in [3.63, 3.8) is 0 Å². The molecule has 152 valence electrons. The lowest BCUT2D eigenvalue weighted by Crippen LogP contribution is -2.37. The molecule has 4 rings (SSSR count). The number of benzene rings is 1. The first-order valence-corrected chi connectivity index (χ1v) is 10.1. The Labute approximate surface area is 173 Å². The minimum atomic E-state index is -1.34. The highest BCUT2D eigenvalue weighted by molar-refractivity contribution is 6.32. The van der Waals surface area contributed by atoms with Crippen molar-refractivity contribution in [3.8, 4) is 5.75 Å². The number of ether oxygens (including phenoxy) is 1. The van der Waals surface area contributed by atoms with Crippen LogP contribution in [-0.2, 0) is 14.4 Å². The Kier molecular flexibility index (Phi) is 5.21. The second-order valence-corrected chi connectivity index (χ2v) is 8.02. The van der Waals surface area contributed by atoms with Crippen LogP contribution in [0, 0.1) is 0 Å². The third kappa shape index (κ3) is 3.46. The Morgan fingerprint density at radius 1 is 1.10 bits per heavy atom. The third-order valence-electron chi connectivity index (χ3n) is 5.88. The van der Waals surface area contributed by atoms with Gasteiger partial charge in [-0.15, -0.1) is 0 Å². The minimum absolute atomic E-state index is 0.0708. The molecule has 1 aromatic rings. The van der Waals surface area contributed by atoms with Crippen molar-refractivity contribution in [2.75, 3.05) is 13.7 Å². The molecule has 29 heavy (non-hydrogen) atoms. The van der Waals surface area contributed by atoms with Crippen molar-refractivity contribution in [3.05, 3.63) is 51.3 Å². The number of carboxylic acids is 1. The SMILES string of the molecule is CN1C2=C(C(=O)CCC2)C(c2ccc(OCC(=O)[O-])c(Cl)c2)C2=C1CCCC2=O. The molecule has 0 atom stereocenters. The van der Waals surface area contributed by atoms with Gasteiger partial charge in [-0.05, 0) is 43.4 Å². The molecule has 0 aromatic heterocycles. The van der Waals surface area contributed by atoms with Crippen molar-refractivity contribution in [2.24, 2.45) is 0 Å². The smallest absolute Gasteiger partial charge is 0.161 e. The Hall–Kier alpha value is -2.60. The minimum Gasteiger partial charge on any atom is -0.546 e. The van der Waals surface area contributed by atoms with Crippen LogP contribution in [0.25, 0.3) is 0 Å². The molecule has 6 nitrogen and oxygen atoms in total. The van der Waals surface area contributed by atoms with E-state index >= 15 is 0 Å². The number of carboxylic acid groups (broad SMARTS) is 1. The van der Waals surface area contributed by atoms with Gasteiger partial charge in [-0.1, -0.05) is 17.7 Å². The Bertz CT molecular complexity index is 933. The number of carbonyl (C=O) groups excluding carboxylic acids is 3. The summed E-state index contributed by atoms with van der Waals surface area (Å²) < 4.78 is 5.15. The van der Waals surface area contributed by atoms with Gasteiger partial charge < -0.3 is 19.5 Å². The van der Waals surface area contributed by atoms with Crippen molar-refractivity contribution < 1.29 is 24.2 Å². The van der Waals surface area contributed by atoms with Crippen LogP contribution < -0.4 is 9.84 Å². The number of ketones is 2. The molecule has 1 aromatic carbocycles. The van der Waals surface area contributed by atoms with Crippen LogP contribution in [0.5, 0.6) is 5.75 Å². The van der Waals surface area contributed by atoms with Crippen molar-refractivity contribution in [1.29, 1.82) is 0 Å². The first-order chi connectivity index (χ1) is 13.9. The zero-order valence-corrected chi connectivity index (χ0v) is 16.9. The second-order valence-electron chi connectivity index (χ2n) is 7.62. The summed E-state index contributed by atoms with van der Waals surface area (Å²) in [5, 5.41) is 10.9. The maximum Gasteiger partial charge on any atom is 0.161 e. The quantitative estimate of drug-likeness (QED) is 0.752. The molecular weight excluding hydrogens is 394 g/mol. The molecule has 0 amide bonds. The fourth-order valence-electron chi connectivity index (χ4n) is 4.64. The van der Waals surface area contributed by atoms with E-state index in [4.69, 9.17) is 16.3 Å². The van der Waals surface area contributed by atoms with Crippen molar-refractivity contribution in [1.82, 2.24) is 4.90 Å². The fraction of sp³-hybridized carbons (Fsp3) is 0.409. The van der Waals surface area contributed by atoms with Crippen LogP contribution in [0.1, 0.15) is 50.0 Å². The van der Waals surface area contributed by atoms with Gasteiger partial charge in [0.15, 0.2) is 11.6 Å². The highest BCUT2D eigenvalue weighted by Gasteiger charge is 2.42. The van der Waals surface area contributed by atoms with Crippen molar-refractivity contribution in [2.45, 2.75) is 44.4 Å². The molecule has 1 heterocycles. The van der Waals surface area contributed by atoms with Gasteiger partial charge in [-0.3, -0.25) is 9.59 Å². The number of aliphatic carboxylic acids is 1. The molecule has 0 bridgehead atoms. The summed E-state index contributed by atoms with van der Waals surface area (Å²) >= 11 is 6.33. The number of hydrogen-bond donors (Lipinski definition) is 0. The number of rotatable bonds is 4. The summed E-state index contributed by atoms with van der Waals surface area (Å²) in [5.74, 6) is -1.42. The van der Waals surface area contributed by atoms with Gasteiger partial charge in [0.05, 0.1) is 11.0 Å². The number of carbonyl (C=O) groups is 3. The van der Waals surface area contributed by atoms with Gasteiger partial charge in [-0.25, -0.2) is 0 Å². The van der Waals surface area contributed by atoms with E-state index in [1.165, 1.54) is 0 Å². The summed E-state index contributed by atoms with van der Waals surface area (Å²) in [5.41, 5.74) is 4.11. The molecule has 0 spiro atoms. The molecule has 0 saturated heterocycles. The summed E-state index contributed by atoms with van der Waals surface area (Å²) in [6.07, 6.45) is 4.17. The number of Topliss-reactive ketones (excluding diaryl/α,β-unsaturated/α-hetero) is 2. The fourth-order valence-corrected chi connectivity index (χ4v) is 4.88. The van der Waals surface area contributed by atoms with Crippen LogP contribution >= 0.6 is 11.6 Å². The summed E-state index contributed by atoms with van der Waals surface area (Å²) in [4.78, 5) is 38.5. The van der Waals surface area contributed by atoms with E-state index in [0.29, 0.717) is 24.0 Å². The van der Waals surface area contributed by atoms with E-state index in [1.54, 1.807) is 18.2 Å². The molecule has 7 heteroatoms. The highest BCUT2D eigenvalue weighted by atomic mass is 35.5. The molecule has 0 radical (unpaired) electrons. The first kappa shape index (κ1) is 19.7. The number of allylic oxidation sites excluding steroid dienone is 4. The number of nitrogens with zero attached hydrogens (tertiary/aromatic N) is 1. The van der Waals surface area contributed by atoms with Gasteiger partial charge in [0, 0.05) is 48.3 Å². The van der Waals surface area contributed by atoms with E-state index in [9.17, 15) is 19.5 Å². The van der Waals surface area contributed by atoms with Gasteiger partial charge >= 0.3 is 0 Å². The third-order valence-corrected chi connectivity index (χ3v) is 6.17. The van der Waals surface area contributed by atoms with Gasteiger partial charge in [0.2, 0.25) is 0 Å². The molecule has 0 N–H and O–H groups in total. The van der Waals surface area contributed by atoms with E-state index in [1.807, 2.05) is 11.9 Å². The molecule has 1 aliphatic heterocycles. The molecule has 3 aliphatic rings. The Balaban J connectivity index is 1.82. The highest BCUT2D eigenvalue weighted by Crippen LogP contribution is 2.49.